The molecule has 0 spiro atoms. The second-order valence-electron chi connectivity index (χ2n) is 5.46. The highest BCUT2D eigenvalue weighted by molar-refractivity contribution is 4.81. The van der Waals surface area contributed by atoms with E-state index in [9.17, 15) is 5.11 Å². The van der Waals surface area contributed by atoms with E-state index >= 15 is 0 Å². The summed E-state index contributed by atoms with van der Waals surface area (Å²) in [5.41, 5.74) is 0.427. The van der Waals surface area contributed by atoms with Crippen molar-refractivity contribution in [2.45, 2.75) is 39.7 Å². The standard InChI is InChI=1S/C12H26N2O/c1-4-13-8-11(15)9-14-7-5-6-12(2,3)10-14/h11,13,15H,4-10H2,1-3H3. The fourth-order valence-corrected chi connectivity index (χ4v) is 2.37. The Morgan fingerprint density at radius 3 is 2.80 bits per heavy atom. The first-order valence-corrected chi connectivity index (χ1v) is 6.14. The summed E-state index contributed by atoms with van der Waals surface area (Å²) in [6.45, 7) is 11.4. The number of piperidine rings is 1. The van der Waals surface area contributed by atoms with E-state index in [0.717, 1.165) is 26.2 Å². The second-order valence-corrected chi connectivity index (χ2v) is 5.46. The molecule has 0 amide bonds. The Kier molecular flexibility index (Phi) is 5.03. The van der Waals surface area contributed by atoms with Gasteiger partial charge in [0.1, 0.15) is 0 Å². The van der Waals surface area contributed by atoms with Crippen LogP contribution in [0.2, 0.25) is 0 Å². The third kappa shape index (κ3) is 4.96. The number of β-amino-alcohol motifs (C(OH)–C–C–N with tert-alkyl or cyclic N) is 1. The van der Waals surface area contributed by atoms with Crippen molar-refractivity contribution in [2.75, 3.05) is 32.7 Å². The second kappa shape index (κ2) is 5.83. The first-order chi connectivity index (χ1) is 7.03. The lowest BCUT2D eigenvalue weighted by atomic mass is 9.84. The Balaban J connectivity index is 2.25. The van der Waals surface area contributed by atoms with Crippen molar-refractivity contribution in [1.29, 1.82) is 0 Å². The van der Waals surface area contributed by atoms with Gasteiger partial charge in [-0.1, -0.05) is 20.8 Å². The van der Waals surface area contributed by atoms with E-state index in [2.05, 4.69) is 31.0 Å². The summed E-state index contributed by atoms with van der Waals surface area (Å²) in [5, 5.41) is 13.0. The molecule has 0 aliphatic carbocycles. The van der Waals surface area contributed by atoms with Crippen molar-refractivity contribution in [1.82, 2.24) is 10.2 Å². The van der Waals surface area contributed by atoms with Crippen LogP contribution in [-0.2, 0) is 0 Å². The average Bonchev–Trinajstić information content (AvgIpc) is 2.13. The molecule has 0 aromatic rings. The third-order valence-corrected chi connectivity index (χ3v) is 3.08. The average molecular weight is 214 g/mol. The molecule has 15 heavy (non-hydrogen) atoms. The molecule has 0 radical (unpaired) electrons. The summed E-state index contributed by atoms with van der Waals surface area (Å²) in [6, 6.07) is 0. The SMILES string of the molecule is CCNCC(O)CN1CCCC(C)(C)C1. The van der Waals surface area contributed by atoms with Crippen LogP contribution in [0, 0.1) is 5.41 Å². The van der Waals surface area contributed by atoms with Gasteiger partial charge in [0.2, 0.25) is 0 Å². The minimum Gasteiger partial charge on any atom is -0.390 e. The molecular formula is C12H26N2O. The minimum atomic E-state index is -0.223. The van der Waals surface area contributed by atoms with Gasteiger partial charge in [-0.15, -0.1) is 0 Å². The number of likely N-dealkylation sites (N-methyl/N-ethyl adjacent to an activating group) is 1. The molecule has 1 fully saturated rings. The zero-order valence-electron chi connectivity index (χ0n) is 10.4. The van der Waals surface area contributed by atoms with Gasteiger partial charge >= 0.3 is 0 Å². The molecule has 1 unspecified atom stereocenters. The van der Waals surface area contributed by atoms with Crippen LogP contribution >= 0.6 is 0 Å². The Morgan fingerprint density at radius 1 is 1.47 bits per heavy atom. The van der Waals surface area contributed by atoms with Gasteiger partial charge in [-0.2, -0.15) is 0 Å². The molecule has 90 valence electrons. The van der Waals surface area contributed by atoms with Crippen molar-refractivity contribution in [3.05, 3.63) is 0 Å². The van der Waals surface area contributed by atoms with E-state index in [1.54, 1.807) is 0 Å². The summed E-state index contributed by atoms with van der Waals surface area (Å²) in [4.78, 5) is 2.39. The predicted octanol–water partition coefficient (Wildman–Crippen LogP) is 1.08. The van der Waals surface area contributed by atoms with Crippen LogP contribution in [0.1, 0.15) is 33.6 Å². The van der Waals surface area contributed by atoms with Crippen molar-refractivity contribution in [2.24, 2.45) is 5.41 Å². The van der Waals surface area contributed by atoms with Gasteiger partial charge in [-0.05, 0) is 31.3 Å². The lowest BCUT2D eigenvalue weighted by molar-refractivity contribution is 0.0603. The topological polar surface area (TPSA) is 35.5 Å². The third-order valence-electron chi connectivity index (χ3n) is 3.08. The Morgan fingerprint density at radius 2 is 2.20 bits per heavy atom. The Bertz CT molecular complexity index is 182. The van der Waals surface area contributed by atoms with Gasteiger partial charge in [0.15, 0.2) is 0 Å². The predicted molar refractivity (Wildman–Crippen MR) is 64.0 cm³/mol. The van der Waals surface area contributed by atoms with Gasteiger partial charge in [0.05, 0.1) is 6.10 Å². The maximum atomic E-state index is 9.80. The van der Waals surface area contributed by atoms with Crippen molar-refractivity contribution in [3.8, 4) is 0 Å². The maximum absolute atomic E-state index is 9.80. The van der Waals surface area contributed by atoms with Crippen LogP contribution in [0.4, 0.5) is 0 Å². The normalized spacial score (nSPS) is 24.0. The first-order valence-electron chi connectivity index (χ1n) is 6.14. The molecule has 2 N–H and O–H groups in total. The number of hydrogen-bond donors (Lipinski definition) is 2. The number of aliphatic hydroxyl groups excluding tert-OH is 1. The smallest absolute Gasteiger partial charge is 0.0791 e. The van der Waals surface area contributed by atoms with Crippen LogP contribution < -0.4 is 5.32 Å². The van der Waals surface area contributed by atoms with E-state index in [1.165, 1.54) is 12.8 Å². The molecule has 1 rings (SSSR count). The number of likely N-dealkylation sites (tertiary alicyclic amines) is 1. The highest BCUT2D eigenvalue weighted by Gasteiger charge is 2.26. The van der Waals surface area contributed by atoms with Gasteiger partial charge < -0.3 is 15.3 Å². The maximum Gasteiger partial charge on any atom is 0.0791 e. The Hall–Kier alpha value is -0.120. The van der Waals surface area contributed by atoms with Gasteiger partial charge in [0.25, 0.3) is 0 Å². The number of aliphatic hydroxyl groups is 1. The zero-order valence-corrected chi connectivity index (χ0v) is 10.4. The van der Waals surface area contributed by atoms with Crippen LogP contribution in [0.5, 0.6) is 0 Å². The lowest BCUT2D eigenvalue weighted by Crippen LogP contribution is -2.45. The summed E-state index contributed by atoms with van der Waals surface area (Å²) in [7, 11) is 0. The van der Waals surface area contributed by atoms with Crippen molar-refractivity contribution < 1.29 is 5.11 Å². The first kappa shape index (κ1) is 12.9. The van der Waals surface area contributed by atoms with Crippen LogP contribution in [0.3, 0.4) is 0 Å². The molecule has 0 aromatic carbocycles. The highest BCUT2D eigenvalue weighted by Crippen LogP contribution is 2.28. The fourth-order valence-electron chi connectivity index (χ4n) is 2.37. The van der Waals surface area contributed by atoms with Gasteiger partial charge in [-0.3, -0.25) is 0 Å². The molecule has 1 atom stereocenters. The molecule has 0 saturated carbocycles. The number of nitrogens with zero attached hydrogens (tertiary/aromatic N) is 1. The highest BCUT2D eigenvalue weighted by atomic mass is 16.3. The summed E-state index contributed by atoms with van der Waals surface area (Å²) in [5.74, 6) is 0. The zero-order chi connectivity index (χ0) is 11.3. The molecule has 1 saturated heterocycles. The number of rotatable bonds is 5. The molecule has 0 aromatic heterocycles. The molecule has 1 aliphatic rings. The molecule has 1 heterocycles. The van der Waals surface area contributed by atoms with Crippen LogP contribution in [0.15, 0.2) is 0 Å². The van der Waals surface area contributed by atoms with Crippen LogP contribution in [-0.4, -0.2) is 48.8 Å². The summed E-state index contributed by atoms with van der Waals surface area (Å²) in [6.07, 6.45) is 2.35. The largest absolute Gasteiger partial charge is 0.390 e. The molecule has 3 nitrogen and oxygen atoms in total. The van der Waals surface area contributed by atoms with E-state index in [1.807, 2.05) is 0 Å². The Labute approximate surface area is 93.9 Å². The monoisotopic (exact) mass is 214 g/mol. The van der Waals surface area contributed by atoms with E-state index in [-0.39, 0.29) is 6.10 Å². The van der Waals surface area contributed by atoms with Gasteiger partial charge in [-0.25, -0.2) is 0 Å². The number of nitrogens with one attached hydrogen (secondary N) is 1. The molecule has 0 bridgehead atoms. The molecular weight excluding hydrogens is 188 g/mol. The van der Waals surface area contributed by atoms with E-state index < -0.39 is 0 Å². The minimum absolute atomic E-state index is 0.223. The van der Waals surface area contributed by atoms with E-state index in [0.29, 0.717) is 12.0 Å². The summed E-state index contributed by atoms with van der Waals surface area (Å²) < 4.78 is 0. The molecule has 1 aliphatic heterocycles. The summed E-state index contributed by atoms with van der Waals surface area (Å²) >= 11 is 0. The van der Waals surface area contributed by atoms with Crippen molar-refractivity contribution in [3.63, 3.8) is 0 Å². The number of hydrogen-bond acceptors (Lipinski definition) is 3. The van der Waals surface area contributed by atoms with E-state index in [4.69, 9.17) is 0 Å². The lowest BCUT2D eigenvalue weighted by Gasteiger charge is -2.38. The fraction of sp³-hybridized carbons (Fsp3) is 1.00. The van der Waals surface area contributed by atoms with Crippen molar-refractivity contribution >= 4 is 0 Å². The molecule has 3 heteroatoms. The van der Waals surface area contributed by atoms with Gasteiger partial charge in [0, 0.05) is 19.6 Å². The van der Waals surface area contributed by atoms with Crippen LogP contribution in [0.25, 0.3) is 0 Å². The quantitative estimate of drug-likeness (QED) is 0.719.